The Balaban J connectivity index is 2.38. The van der Waals surface area contributed by atoms with Gasteiger partial charge in [-0.15, -0.1) is 0 Å². The van der Waals surface area contributed by atoms with Crippen molar-refractivity contribution in [2.75, 3.05) is 0 Å². The summed E-state index contributed by atoms with van der Waals surface area (Å²) in [5, 5.41) is 6.53. The second-order valence-corrected chi connectivity index (χ2v) is 3.78. The smallest absolute Gasteiger partial charge is 0.194 e. The molecule has 1 aromatic heterocycles. The van der Waals surface area contributed by atoms with E-state index in [0.717, 1.165) is 6.07 Å². The van der Waals surface area contributed by atoms with E-state index in [9.17, 15) is 8.78 Å². The fourth-order valence-corrected chi connectivity index (χ4v) is 1.54. The van der Waals surface area contributed by atoms with Crippen LogP contribution in [0.1, 0.15) is 11.4 Å². The molecule has 0 amide bonds. The molecule has 2 aromatic rings. The van der Waals surface area contributed by atoms with Crippen molar-refractivity contribution in [3.8, 4) is 0 Å². The summed E-state index contributed by atoms with van der Waals surface area (Å²) in [6.45, 7) is 0. The van der Waals surface area contributed by atoms with Crippen LogP contribution in [0.5, 0.6) is 0 Å². The van der Waals surface area contributed by atoms with E-state index in [1.807, 2.05) is 0 Å². The average molecular weight is 241 g/mol. The summed E-state index contributed by atoms with van der Waals surface area (Å²) in [7, 11) is 1.72. The van der Waals surface area contributed by atoms with Crippen molar-refractivity contribution < 1.29 is 8.78 Å². The van der Waals surface area contributed by atoms with Gasteiger partial charge in [-0.1, -0.05) is 12.1 Å². The Bertz CT molecular complexity index is 574. The van der Waals surface area contributed by atoms with Crippen LogP contribution in [0.25, 0.3) is 0 Å². The number of aromatic amines is 1. The van der Waals surface area contributed by atoms with Crippen molar-refractivity contribution in [2.24, 2.45) is 7.05 Å². The summed E-state index contributed by atoms with van der Waals surface area (Å²) in [5.74, 6) is -1.12. The van der Waals surface area contributed by atoms with E-state index in [0.29, 0.717) is 10.6 Å². The third kappa shape index (κ3) is 1.88. The van der Waals surface area contributed by atoms with E-state index in [1.165, 1.54) is 12.1 Å². The van der Waals surface area contributed by atoms with E-state index in [2.05, 4.69) is 10.2 Å². The Hall–Kier alpha value is -1.56. The highest BCUT2D eigenvalue weighted by Gasteiger charge is 2.10. The SMILES string of the molecule is Cn1c(Cc2cccc(F)c2F)n[nH]c1=S. The number of rotatable bonds is 2. The predicted molar refractivity (Wildman–Crippen MR) is 57.6 cm³/mol. The first-order chi connectivity index (χ1) is 7.59. The molecule has 1 aromatic carbocycles. The first kappa shape index (κ1) is 10.9. The molecule has 2 rings (SSSR count). The van der Waals surface area contributed by atoms with E-state index in [-0.39, 0.29) is 12.0 Å². The molecule has 6 heteroatoms. The highest BCUT2D eigenvalue weighted by Crippen LogP contribution is 2.14. The summed E-state index contributed by atoms with van der Waals surface area (Å²) in [5.41, 5.74) is 0.261. The Labute approximate surface area is 95.7 Å². The Morgan fingerprint density at radius 2 is 2.19 bits per heavy atom. The summed E-state index contributed by atoms with van der Waals surface area (Å²) < 4.78 is 28.4. The zero-order valence-corrected chi connectivity index (χ0v) is 9.31. The van der Waals surface area contributed by atoms with Crippen LogP contribution in [0, 0.1) is 16.4 Å². The second kappa shape index (κ2) is 4.13. The number of nitrogens with one attached hydrogen (secondary N) is 1. The topological polar surface area (TPSA) is 33.6 Å². The highest BCUT2D eigenvalue weighted by molar-refractivity contribution is 7.71. The number of hydrogen-bond acceptors (Lipinski definition) is 2. The summed E-state index contributed by atoms with van der Waals surface area (Å²) in [4.78, 5) is 0. The zero-order valence-electron chi connectivity index (χ0n) is 8.50. The molecule has 0 aliphatic carbocycles. The van der Waals surface area contributed by atoms with Gasteiger partial charge < -0.3 is 4.57 Å². The number of halogens is 2. The quantitative estimate of drug-likeness (QED) is 0.819. The Morgan fingerprint density at radius 1 is 1.44 bits per heavy atom. The first-order valence-electron chi connectivity index (χ1n) is 4.62. The lowest BCUT2D eigenvalue weighted by Gasteiger charge is -2.03. The van der Waals surface area contributed by atoms with Crippen LogP contribution in [0.2, 0.25) is 0 Å². The monoisotopic (exact) mass is 241 g/mol. The minimum absolute atomic E-state index is 0.202. The molecule has 0 aliphatic heterocycles. The van der Waals surface area contributed by atoms with Gasteiger partial charge in [0.25, 0.3) is 0 Å². The molecule has 3 nitrogen and oxygen atoms in total. The molecule has 0 saturated heterocycles. The summed E-state index contributed by atoms with van der Waals surface area (Å²) in [6.07, 6.45) is 0.202. The molecule has 0 spiro atoms. The van der Waals surface area contributed by atoms with Gasteiger partial charge in [-0.05, 0) is 23.8 Å². The lowest BCUT2D eigenvalue weighted by atomic mass is 10.1. The van der Waals surface area contributed by atoms with Crippen LogP contribution >= 0.6 is 12.2 Å². The summed E-state index contributed by atoms with van der Waals surface area (Å²) in [6, 6.07) is 4.08. The molecule has 0 fully saturated rings. The van der Waals surface area contributed by atoms with Gasteiger partial charge in [0, 0.05) is 13.5 Å². The lowest BCUT2D eigenvalue weighted by molar-refractivity contribution is 0.499. The predicted octanol–water partition coefficient (Wildman–Crippen LogP) is 2.35. The van der Waals surface area contributed by atoms with E-state index in [1.54, 1.807) is 11.6 Å². The Morgan fingerprint density at radius 3 is 2.81 bits per heavy atom. The lowest BCUT2D eigenvalue weighted by Crippen LogP contribution is -2.02. The van der Waals surface area contributed by atoms with Crippen LogP contribution in [-0.2, 0) is 13.5 Å². The molecular weight excluding hydrogens is 232 g/mol. The maximum Gasteiger partial charge on any atom is 0.194 e. The van der Waals surface area contributed by atoms with Crippen LogP contribution in [0.15, 0.2) is 18.2 Å². The number of aromatic nitrogens is 3. The maximum atomic E-state index is 13.4. The molecule has 0 saturated carbocycles. The van der Waals surface area contributed by atoms with Crippen molar-refractivity contribution in [2.45, 2.75) is 6.42 Å². The van der Waals surface area contributed by atoms with Gasteiger partial charge >= 0.3 is 0 Å². The average Bonchev–Trinajstić information content (AvgIpc) is 2.57. The number of benzene rings is 1. The molecule has 0 aliphatic rings. The molecule has 1 heterocycles. The normalized spacial score (nSPS) is 10.7. The fourth-order valence-electron chi connectivity index (χ4n) is 1.39. The largest absolute Gasteiger partial charge is 0.307 e. The molecule has 0 radical (unpaired) electrons. The van der Waals surface area contributed by atoms with Gasteiger partial charge in [0.2, 0.25) is 0 Å². The van der Waals surface area contributed by atoms with E-state index < -0.39 is 11.6 Å². The molecule has 1 N–H and O–H groups in total. The van der Waals surface area contributed by atoms with Gasteiger partial charge in [-0.2, -0.15) is 5.10 Å². The van der Waals surface area contributed by atoms with Crippen molar-refractivity contribution in [3.05, 3.63) is 46.0 Å². The summed E-state index contributed by atoms with van der Waals surface area (Å²) >= 11 is 4.93. The first-order valence-corrected chi connectivity index (χ1v) is 5.03. The Kier molecular flexibility index (Phi) is 2.82. The number of hydrogen-bond donors (Lipinski definition) is 1. The van der Waals surface area contributed by atoms with Crippen molar-refractivity contribution in [3.63, 3.8) is 0 Å². The van der Waals surface area contributed by atoms with Gasteiger partial charge in [0.1, 0.15) is 5.82 Å². The van der Waals surface area contributed by atoms with E-state index in [4.69, 9.17) is 12.2 Å². The molecule has 16 heavy (non-hydrogen) atoms. The standard InChI is InChI=1S/C10H9F2N3S/c1-15-8(13-14-10(15)16)5-6-3-2-4-7(11)9(6)12/h2-4H,5H2,1H3,(H,14,16). The van der Waals surface area contributed by atoms with Crippen LogP contribution in [-0.4, -0.2) is 14.8 Å². The van der Waals surface area contributed by atoms with Crippen molar-refractivity contribution >= 4 is 12.2 Å². The van der Waals surface area contributed by atoms with Gasteiger partial charge in [0.05, 0.1) is 0 Å². The molecule has 84 valence electrons. The zero-order chi connectivity index (χ0) is 11.7. The molecule has 0 unspecified atom stereocenters. The van der Waals surface area contributed by atoms with Gasteiger partial charge in [-0.3, -0.25) is 5.10 Å². The molecule has 0 atom stereocenters. The fraction of sp³-hybridized carbons (Fsp3) is 0.200. The third-order valence-electron chi connectivity index (χ3n) is 2.35. The van der Waals surface area contributed by atoms with Crippen LogP contribution < -0.4 is 0 Å². The van der Waals surface area contributed by atoms with E-state index >= 15 is 0 Å². The minimum Gasteiger partial charge on any atom is -0.307 e. The number of nitrogens with zero attached hydrogens (tertiary/aromatic N) is 2. The molecule has 0 bridgehead atoms. The second-order valence-electron chi connectivity index (χ2n) is 3.39. The van der Waals surface area contributed by atoms with Gasteiger partial charge in [-0.25, -0.2) is 8.78 Å². The molecular formula is C10H9F2N3S. The highest BCUT2D eigenvalue weighted by atomic mass is 32.1. The van der Waals surface area contributed by atoms with Gasteiger partial charge in [0.15, 0.2) is 16.4 Å². The van der Waals surface area contributed by atoms with Crippen LogP contribution in [0.4, 0.5) is 8.78 Å². The van der Waals surface area contributed by atoms with Crippen molar-refractivity contribution in [1.82, 2.24) is 14.8 Å². The van der Waals surface area contributed by atoms with Crippen LogP contribution in [0.3, 0.4) is 0 Å². The third-order valence-corrected chi connectivity index (χ3v) is 2.72. The number of H-pyrrole nitrogens is 1. The maximum absolute atomic E-state index is 13.4. The minimum atomic E-state index is -0.853. The van der Waals surface area contributed by atoms with Crippen molar-refractivity contribution in [1.29, 1.82) is 0 Å².